The van der Waals surface area contributed by atoms with Crippen molar-refractivity contribution in [2.45, 2.75) is 25.2 Å². The molecule has 2 atom stereocenters. The summed E-state index contributed by atoms with van der Waals surface area (Å²) < 4.78 is 17.2. The summed E-state index contributed by atoms with van der Waals surface area (Å²) in [6, 6.07) is 19.4. The number of hydrogen-bond donors (Lipinski definition) is 2. The number of ether oxygens (including phenoxy) is 3. The molecule has 6 heteroatoms. The first-order chi connectivity index (χ1) is 18.9. The third-order valence-electron chi connectivity index (χ3n) is 5.97. The van der Waals surface area contributed by atoms with E-state index in [1.807, 2.05) is 72.8 Å². The fraction of sp³-hybridized carbons (Fsp3) is 0.182. The summed E-state index contributed by atoms with van der Waals surface area (Å²) >= 11 is 0. The Balaban J connectivity index is 1.36. The minimum atomic E-state index is -0.838. The average Bonchev–Trinajstić information content (AvgIpc) is 2.94. The third kappa shape index (κ3) is 8.30. The van der Waals surface area contributed by atoms with Gasteiger partial charge in [0.05, 0.1) is 0 Å². The minimum Gasteiger partial charge on any atom is -0.490 e. The van der Waals surface area contributed by atoms with E-state index in [0.717, 1.165) is 22.3 Å². The number of benzene rings is 2. The van der Waals surface area contributed by atoms with Gasteiger partial charge < -0.3 is 24.4 Å². The topological polar surface area (TPSA) is 85.2 Å². The zero-order valence-electron chi connectivity index (χ0n) is 21.8. The highest BCUT2D eigenvalue weighted by Gasteiger charge is 2.21. The molecule has 2 N–H and O–H groups in total. The van der Waals surface area contributed by atoms with E-state index in [1.165, 1.54) is 0 Å². The van der Waals surface area contributed by atoms with Crippen molar-refractivity contribution >= 4 is 18.1 Å². The maximum absolute atomic E-state index is 12.2. The first-order valence-corrected chi connectivity index (χ1v) is 12.7. The monoisotopic (exact) mass is 524 g/mol. The maximum Gasteiger partial charge on any atom is 0.333 e. The molecule has 0 spiro atoms. The first kappa shape index (κ1) is 27.6. The Hall–Kier alpha value is -4.39. The summed E-state index contributed by atoms with van der Waals surface area (Å²) in [6.45, 7) is 5.19. The molecule has 4 rings (SSSR count). The standard InChI is InChI=1S/C33H32O6/c1-23(2)33(36)39-30(21-37-28-15-13-26(31(34)19-28)17-24-9-5-3-6-10-24)22-38-29-16-14-27(32(35)20-29)18-25-11-7-4-8-12-25/h3-20,30-32,34-35H,1,21-22H2,2H3. The lowest BCUT2D eigenvalue weighted by molar-refractivity contribution is -0.149. The van der Waals surface area contributed by atoms with Gasteiger partial charge in [-0.05, 0) is 65.7 Å². The Labute approximate surface area is 228 Å². The smallest absolute Gasteiger partial charge is 0.333 e. The molecule has 6 nitrogen and oxygen atoms in total. The zero-order chi connectivity index (χ0) is 27.6. The summed E-state index contributed by atoms with van der Waals surface area (Å²) in [5.74, 6) is 0.341. The molecule has 0 aromatic heterocycles. The van der Waals surface area contributed by atoms with E-state index in [0.29, 0.717) is 11.5 Å². The molecular weight excluding hydrogens is 492 g/mol. The Morgan fingerprint density at radius 2 is 1.23 bits per heavy atom. The third-order valence-corrected chi connectivity index (χ3v) is 5.97. The number of esters is 1. The van der Waals surface area contributed by atoms with Gasteiger partial charge in [-0.15, -0.1) is 0 Å². The zero-order valence-corrected chi connectivity index (χ0v) is 21.8. The van der Waals surface area contributed by atoms with Gasteiger partial charge in [-0.2, -0.15) is 0 Å². The van der Waals surface area contributed by atoms with Crippen molar-refractivity contribution in [1.29, 1.82) is 0 Å². The maximum atomic E-state index is 12.2. The molecule has 0 saturated carbocycles. The second-order valence-corrected chi connectivity index (χ2v) is 9.23. The molecule has 2 unspecified atom stereocenters. The van der Waals surface area contributed by atoms with Crippen molar-refractivity contribution in [2.24, 2.45) is 0 Å². The summed E-state index contributed by atoms with van der Waals surface area (Å²) in [5.41, 5.74) is 3.69. The molecule has 0 amide bonds. The molecule has 0 heterocycles. The van der Waals surface area contributed by atoms with Crippen molar-refractivity contribution in [3.63, 3.8) is 0 Å². The van der Waals surface area contributed by atoms with Crippen LogP contribution < -0.4 is 0 Å². The highest BCUT2D eigenvalue weighted by Crippen LogP contribution is 2.22. The summed E-state index contributed by atoms with van der Waals surface area (Å²) in [7, 11) is 0. The van der Waals surface area contributed by atoms with E-state index in [9.17, 15) is 15.0 Å². The molecule has 39 heavy (non-hydrogen) atoms. The van der Waals surface area contributed by atoms with Gasteiger partial charge >= 0.3 is 5.97 Å². The van der Waals surface area contributed by atoms with Crippen LogP contribution >= 0.6 is 0 Å². The highest BCUT2D eigenvalue weighted by molar-refractivity contribution is 5.87. The number of carbonyl (C=O) groups is 1. The van der Waals surface area contributed by atoms with Crippen LogP contribution in [0.1, 0.15) is 18.1 Å². The summed E-state index contributed by atoms with van der Waals surface area (Å²) in [6.07, 6.45) is 11.6. The second-order valence-electron chi connectivity index (χ2n) is 9.23. The molecule has 0 radical (unpaired) electrons. The van der Waals surface area contributed by atoms with Crippen molar-refractivity contribution in [3.05, 3.63) is 143 Å². The van der Waals surface area contributed by atoms with Crippen LogP contribution in [0.5, 0.6) is 0 Å². The van der Waals surface area contributed by atoms with Crippen molar-refractivity contribution in [2.75, 3.05) is 13.2 Å². The molecule has 0 bridgehead atoms. The van der Waals surface area contributed by atoms with Crippen LogP contribution in [0.3, 0.4) is 0 Å². The Morgan fingerprint density at radius 1 is 0.795 bits per heavy atom. The highest BCUT2D eigenvalue weighted by atomic mass is 16.6. The lowest BCUT2D eigenvalue weighted by atomic mass is 10.0. The number of aliphatic hydroxyl groups excluding tert-OH is 2. The van der Waals surface area contributed by atoms with Crippen molar-refractivity contribution < 1.29 is 29.2 Å². The summed E-state index contributed by atoms with van der Waals surface area (Å²) in [4.78, 5) is 12.2. The quantitative estimate of drug-likeness (QED) is 0.324. The number of rotatable bonds is 10. The van der Waals surface area contributed by atoms with E-state index in [-0.39, 0.29) is 18.8 Å². The van der Waals surface area contributed by atoms with Gasteiger partial charge in [-0.1, -0.05) is 79.4 Å². The number of aliphatic hydroxyl groups is 2. The number of allylic oxidation sites excluding steroid dienone is 2. The van der Waals surface area contributed by atoms with Gasteiger partial charge in [0.15, 0.2) is 6.10 Å². The SMILES string of the molecule is C=C(C)C(=O)OC(COC1=CC(O)C(=Cc2ccccc2)C=C1)COC1=CC(O)C(=Cc2ccccc2)C=C1. The van der Waals surface area contributed by atoms with E-state index < -0.39 is 24.3 Å². The molecule has 200 valence electrons. The van der Waals surface area contributed by atoms with E-state index in [4.69, 9.17) is 14.2 Å². The Bertz CT molecular complexity index is 1250. The number of carbonyl (C=O) groups excluding carboxylic acids is 1. The molecular formula is C33H32O6. The lowest BCUT2D eigenvalue weighted by Crippen LogP contribution is -2.29. The molecule has 2 aliphatic rings. The largest absolute Gasteiger partial charge is 0.490 e. The molecule has 2 aromatic carbocycles. The van der Waals surface area contributed by atoms with Crippen molar-refractivity contribution in [3.8, 4) is 0 Å². The predicted molar refractivity (Wildman–Crippen MR) is 152 cm³/mol. The van der Waals surface area contributed by atoms with Gasteiger partial charge in [0.2, 0.25) is 0 Å². The summed E-state index contributed by atoms with van der Waals surface area (Å²) in [5, 5.41) is 21.1. The number of hydrogen-bond acceptors (Lipinski definition) is 6. The average molecular weight is 525 g/mol. The normalized spacial score (nSPS) is 21.2. The van der Waals surface area contributed by atoms with E-state index >= 15 is 0 Å². The molecule has 0 saturated heterocycles. The molecule has 0 fully saturated rings. The molecule has 0 aliphatic heterocycles. The van der Waals surface area contributed by atoms with Gasteiger partial charge in [0.1, 0.15) is 36.9 Å². The van der Waals surface area contributed by atoms with Crippen LogP contribution in [0.4, 0.5) is 0 Å². The second kappa shape index (κ2) is 13.4. The van der Waals surface area contributed by atoms with Crippen LogP contribution in [-0.4, -0.2) is 47.7 Å². The fourth-order valence-electron chi connectivity index (χ4n) is 3.86. The van der Waals surface area contributed by atoms with Crippen LogP contribution in [0.2, 0.25) is 0 Å². The van der Waals surface area contributed by atoms with Crippen LogP contribution in [0.15, 0.2) is 132 Å². The van der Waals surface area contributed by atoms with Crippen LogP contribution in [-0.2, 0) is 19.0 Å². The van der Waals surface area contributed by atoms with Crippen LogP contribution in [0, 0.1) is 0 Å². The van der Waals surface area contributed by atoms with Gasteiger partial charge in [0, 0.05) is 5.57 Å². The minimum absolute atomic E-state index is 0.00163. The first-order valence-electron chi connectivity index (χ1n) is 12.7. The van der Waals surface area contributed by atoms with Crippen LogP contribution in [0.25, 0.3) is 12.2 Å². The molecule has 2 aromatic rings. The Kier molecular flexibility index (Phi) is 9.51. The molecule has 2 aliphatic carbocycles. The lowest BCUT2D eigenvalue weighted by Gasteiger charge is -2.22. The Morgan fingerprint density at radius 3 is 1.62 bits per heavy atom. The van der Waals surface area contributed by atoms with Crippen molar-refractivity contribution in [1.82, 2.24) is 0 Å². The van der Waals surface area contributed by atoms with Gasteiger partial charge in [-0.3, -0.25) is 0 Å². The van der Waals surface area contributed by atoms with Gasteiger partial charge in [0.25, 0.3) is 0 Å². The van der Waals surface area contributed by atoms with E-state index in [2.05, 4.69) is 6.58 Å². The fourth-order valence-corrected chi connectivity index (χ4v) is 3.86. The predicted octanol–water partition coefficient (Wildman–Crippen LogP) is 5.30. The van der Waals surface area contributed by atoms with Gasteiger partial charge in [-0.25, -0.2) is 4.79 Å². The van der Waals surface area contributed by atoms with E-state index in [1.54, 1.807) is 43.4 Å².